The molecule has 6 heteroatoms. The van der Waals surface area contributed by atoms with Crippen molar-refractivity contribution < 1.29 is 24.0 Å². The molecule has 0 N–H and O–H groups in total. The minimum atomic E-state index is -0.962. The Balaban J connectivity index is 1.27. The minimum Gasteiger partial charge on any atom is -0.429 e. The monoisotopic (exact) mass is 537 g/mol. The van der Waals surface area contributed by atoms with E-state index in [1.54, 1.807) is 5.57 Å². The smallest absolute Gasteiger partial charge is 0.429 e. The van der Waals surface area contributed by atoms with Gasteiger partial charge in [-0.25, -0.2) is 4.79 Å². The summed E-state index contributed by atoms with van der Waals surface area (Å²) in [5.41, 5.74) is 3.45. The largest absolute Gasteiger partial charge is 0.534 e. The Morgan fingerprint density at radius 3 is 2.36 bits per heavy atom. The van der Waals surface area contributed by atoms with E-state index < -0.39 is 18.0 Å². The van der Waals surface area contributed by atoms with Gasteiger partial charge in [0.2, 0.25) is 0 Å². The Hall–Kier alpha value is -2.37. The zero-order valence-electron chi connectivity index (χ0n) is 24.7. The van der Waals surface area contributed by atoms with Gasteiger partial charge in [-0.15, -0.1) is 0 Å². The van der Waals surface area contributed by atoms with Crippen LogP contribution in [0.4, 0.5) is 4.79 Å². The van der Waals surface area contributed by atoms with Crippen molar-refractivity contribution in [1.82, 2.24) is 5.06 Å². The van der Waals surface area contributed by atoms with Gasteiger partial charge in [0.05, 0.1) is 0 Å². The first-order chi connectivity index (χ1) is 18.4. The van der Waals surface area contributed by atoms with Crippen molar-refractivity contribution in [2.45, 2.75) is 105 Å². The minimum absolute atomic E-state index is 0.0740. The zero-order valence-corrected chi connectivity index (χ0v) is 24.7. The lowest BCUT2D eigenvalue weighted by atomic mass is 9.50. The van der Waals surface area contributed by atoms with E-state index in [9.17, 15) is 14.4 Å². The van der Waals surface area contributed by atoms with Crippen LogP contribution >= 0.6 is 0 Å². The van der Waals surface area contributed by atoms with Crippen LogP contribution in [0.15, 0.2) is 35.5 Å². The highest BCUT2D eigenvalue weighted by Crippen LogP contribution is 2.66. The summed E-state index contributed by atoms with van der Waals surface area (Å²) in [6.07, 6.45) is 16.0. The van der Waals surface area contributed by atoms with Crippen LogP contribution in [-0.4, -0.2) is 29.1 Å². The van der Waals surface area contributed by atoms with Gasteiger partial charge in [-0.2, -0.15) is 0 Å². The number of carbonyl (C=O) groups excluding carboxylic acids is 3. The zero-order chi connectivity index (χ0) is 28.1. The fraction of sp³-hybridized carbons (Fsp3) is 0.727. The molecule has 39 heavy (non-hydrogen) atoms. The van der Waals surface area contributed by atoms with E-state index in [-0.39, 0.29) is 24.4 Å². The molecule has 1 aliphatic heterocycles. The van der Waals surface area contributed by atoms with Crippen LogP contribution < -0.4 is 0 Å². The van der Waals surface area contributed by atoms with E-state index in [4.69, 9.17) is 9.57 Å². The quantitative estimate of drug-likeness (QED) is 0.199. The van der Waals surface area contributed by atoms with Crippen molar-refractivity contribution in [3.8, 4) is 0 Å². The van der Waals surface area contributed by atoms with Crippen LogP contribution in [0.25, 0.3) is 0 Å². The van der Waals surface area contributed by atoms with Crippen LogP contribution in [0, 0.1) is 46.3 Å². The third kappa shape index (κ3) is 5.02. The molecule has 1 saturated heterocycles. The van der Waals surface area contributed by atoms with Gasteiger partial charge in [-0.05, 0) is 84.9 Å². The predicted octanol–water partition coefficient (Wildman–Crippen LogP) is 7.56. The van der Waals surface area contributed by atoms with Crippen molar-refractivity contribution in [2.75, 3.05) is 0 Å². The molecule has 0 spiro atoms. The maximum Gasteiger partial charge on any atom is 0.534 e. The highest BCUT2D eigenvalue weighted by atomic mass is 16.8. The SMILES string of the molecule is CC(C)[C@@H](C)/C=C/[C@@H](C)C1CC[C@H]2C3=CC=C4C[C@@H](OC(=O)ON5C(=O)CCC5=O)CC[C@]4(C)[C@H]3CC[C@]12C. The van der Waals surface area contributed by atoms with Crippen LogP contribution in [0.2, 0.25) is 0 Å². The first-order valence-corrected chi connectivity index (χ1v) is 15.3. The average Bonchev–Trinajstić information content (AvgIpc) is 3.41. The molecule has 5 aliphatic rings. The van der Waals surface area contributed by atoms with Crippen LogP contribution in [0.1, 0.15) is 99.3 Å². The maximum absolute atomic E-state index is 12.4. The summed E-state index contributed by atoms with van der Waals surface area (Å²) in [6, 6.07) is 0. The van der Waals surface area contributed by atoms with Crippen molar-refractivity contribution in [1.29, 1.82) is 0 Å². The third-order valence-electron chi connectivity index (χ3n) is 11.4. The highest BCUT2D eigenvalue weighted by molar-refractivity contribution is 6.01. The van der Waals surface area contributed by atoms with Gasteiger partial charge in [0.15, 0.2) is 0 Å². The summed E-state index contributed by atoms with van der Waals surface area (Å²) >= 11 is 0. The number of imide groups is 1. The summed E-state index contributed by atoms with van der Waals surface area (Å²) < 4.78 is 5.58. The van der Waals surface area contributed by atoms with Gasteiger partial charge in [-0.3, -0.25) is 14.4 Å². The molecule has 0 aromatic carbocycles. The van der Waals surface area contributed by atoms with Crippen LogP contribution in [0.3, 0.4) is 0 Å². The highest BCUT2D eigenvalue weighted by Gasteiger charge is 2.57. The normalized spacial score (nSPS) is 37.7. The van der Waals surface area contributed by atoms with Crippen molar-refractivity contribution in [3.63, 3.8) is 0 Å². The molecular formula is C33H47NO5. The van der Waals surface area contributed by atoms with Gasteiger partial charge in [-0.1, -0.05) is 82.1 Å². The molecule has 5 rings (SSSR count). The number of nitrogens with zero attached hydrogens (tertiary/aromatic N) is 1. The van der Waals surface area contributed by atoms with E-state index >= 15 is 0 Å². The second kappa shape index (κ2) is 10.6. The van der Waals surface area contributed by atoms with Crippen molar-refractivity contribution in [2.24, 2.45) is 46.3 Å². The summed E-state index contributed by atoms with van der Waals surface area (Å²) in [6.45, 7) is 14.3. The van der Waals surface area contributed by atoms with E-state index in [2.05, 4.69) is 65.8 Å². The molecule has 3 saturated carbocycles. The molecule has 1 heterocycles. The molecule has 2 amide bonds. The van der Waals surface area contributed by atoms with E-state index in [1.807, 2.05) is 0 Å². The lowest BCUT2D eigenvalue weighted by molar-refractivity contribution is -0.179. The molecule has 1 unspecified atom stereocenters. The lowest BCUT2D eigenvalue weighted by Gasteiger charge is -2.55. The van der Waals surface area contributed by atoms with Gasteiger partial charge in [0.25, 0.3) is 11.8 Å². The van der Waals surface area contributed by atoms with Gasteiger partial charge < -0.3 is 4.74 Å². The fourth-order valence-electron chi connectivity index (χ4n) is 8.57. The van der Waals surface area contributed by atoms with Crippen molar-refractivity contribution in [3.05, 3.63) is 35.5 Å². The Bertz CT molecular complexity index is 1090. The lowest BCUT2D eigenvalue weighted by Crippen LogP contribution is -2.47. The molecule has 4 aliphatic carbocycles. The number of hydrogen-bond donors (Lipinski definition) is 0. The molecule has 4 fully saturated rings. The number of hydrogen-bond acceptors (Lipinski definition) is 5. The van der Waals surface area contributed by atoms with Crippen LogP contribution in [0.5, 0.6) is 0 Å². The predicted molar refractivity (Wildman–Crippen MR) is 150 cm³/mol. The summed E-state index contributed by atoms with van der Waals surface area (Å²) in [7, 11) is 0. The number of rotatable bonds is 6. The fourth-order valence-corrected chi connectivity index (χ4v) is 8.57. The number of amides is 2. The van der Waals surface area contributed by atoms with Gasteiger partial charge in [0, 0.05) is 19.3 Å². The van der Waals surface area contributed by atoms with E-state index in [0.29, 0.717) is 46.5 Å². The van der Waals surface area contributed by atoms with Gasteiger partial charge >= 0.3 is 6.16 Å². The van der Waals surface area contributed by atoms with Crippen LogP contribution in [-0.2, 0) is 19.2 Å². The molecule has 8 atom stereocenters. The number of fused-ring (bicyclic) bond motifs is 5. The van der Waals surface area contributed by atoms with Gasteiger partial charge in [0.1, 0.15) is 6.10 Å². The Labute approximate surface area is 234 Å². The molecule has 0 bridgehead atoms. The first kappa shape index (κ1) is 28.2. The summed E-state index contributed by atoms with van der Waals surface area (Å²) in [4.78, 5) is 40.9. The van der Waals surface area contributed by atoms with Crippen molar-refractivity contribution >= 4 is 18.0 Å². The molecule has 0 aromatic heterocycles. The Morgan fingerprint density at radius 1 is 0.949 bits per heavy atom. The number of hydroxylamine groups is 2. The second-order valence-electron chi connectivity index (χ2n) is 13.9. The Morgan fingerprint density at radius 2 is 1.67 bits per heavy atom. The second-order valence-corrected chi connectivity index (χ2v) is 13.9. The maximum atomic E-state index is 12.4. The summed E-state index contributed by atoms with van der Waals surface area (Å²) in [5, 5.41) is 0.555. The molecular weight excluding hydrogens is 490 g/mol. The number of carbonyl (C=O) groups is 3. The topological polar surface area (TPSA) is 72.9 Å². The average molecular weight is 538 g/mol. The molecule has 0 aromatic rings. The number of allylic oxidation sites excluding steroid dienone is 5. The molecule has 214 valence electrons. The van der Waals surface area contributed by atoms with E-state index in [1.165, 1.54) is 31.3 Å². The van der Waals surface area contributed by atoms with E-state index in [0.717, 1.165) is 18.8 Å². The molecule has 0 radical (unpaired) electrons. The Kier molecular flexibility index (Phi) is 7.62. The standard InChI is InChI=1S/C33H47NO5/c1-20(2)21(3)7-8-22(4)26-11-12-27-25-10-9-23-19-24(38-31(37)39-34-29(35)13-14-30(34)36)15-17-32(23,5)28(25)16-18-33(26,27)6/h7-10,20-22,24,26-28H,11-19H2,1-6H3/b8-7+/t21-,22+,24-,26?,27-,28-,32-,33+/m0/s1. The summed E-state index contributed by atoms with van der Waals surface area (Å²) in [5.74, 6) is 2.83. The number of ether oxygens (including phenoxy) is 1. The third-order valence-corrected chi connectivity index (χ3v) is 11.4. The molecule has 6 nitrogen and oxygen atoms in total. The first-order valence-electron chi connectivity index (χ1n) is 15.3.